The Bertz CT molecular complexity index is 870. The monoisotopic (exact) mass is 430 g/mol. The number of benzene rings is 1. The number of hydrogen-bond acceptors (Lipinski definition) is 5. The van der Waals surface area contributed by atoms with Gasteiger partial charge in [-0.05, 0) is 46.1 Å². The number of imide groups is 1. The number of hydrogen-bond donors (Lipinski definition) is 2. The first kappa shape index (κ1) is 22.4. The van der Waals surface area contributed by atoms with Crippen LogP contribution in [-0.4, -0.2) is 45.0 Å². The van der Waals surface area contributed by atoms with Gasteiger partial charge < -0.3 is 14.6 Å². The molecule has 8 heteroatoms. The van der Waals surface area contributed by atoms with Gasteiger partial charge in [-0.15, -0.1) is 0 Å². The maximum Gasteiger partial charge on any atom is 0.321 e. The average Bonchev–Trinajstić information content (AvgIpc) is 3.32. The third-order valence-corrected chi connectivity index (χ3v) is 5.78. The van der Waals surface area contributed by atoms with E-state index < -0.39 is 16.8 Å². The van der Waals surface area contributed by atoms with Crippen molar-refractivity contribution in [3.8, 4) is 11.3 Å². The maximum atomic E-state index is 12.5. The van der Waals surface area contributed by atoms with Crippen LogP contribution in [0.4, 0.5) is 4.79 Å². The van der Waals surface area contributed by atoms with Crippen LogP contribution in [0.15, 0.2) is 41.7 Å². The van der Waals surface area contributed by atoms with Crippen molar-refractivity contribution in [2.24, 2.45) is 0 Å². The molecule has 1 aliphatic rings. The number of carbonyl (C=O) groups is 2. The SMILES string of the molecule is CC(Sc1ncc(-c2ccccc2)n1CC1CCCO1)C(=O)NC(=O)NC(C)(C)C. The van der Waals surface area contributed by atoms with Crippen molar-refractivity contribution in [3.05, 3.63) is 36.5 Å². The third-order valence-electron chi connectivity index (χ3n) is 4.68. The molecule has 0 spiro atoms. The van der Waals surface area contributed by atoms with Crippen LogP contribution >= 0.6 is 11.8 Å². The minimum Gasteiger partial charge on any atom is -0.376 e. The van der Waals surface area contributed by atoms with Crippen molar-refractivity contribution in [2.75, 3.05) is 6.61 Å². The molecule has 2 N–H and O–H groups in total. The lowest BCUT2D eigenvalue weighted by Gasteiger charge is -2.21. The summed E-state index contributed by atoms with van der Waals surface area (Å²) in [7, 11) is 0. The molecular formula is C22H30N4O3S. The van der Waals surface area contributed by atoms with Crippen molar-refractivity contribution >= 4 is 23.7 Å². The Morgan fingerprint density at radius 3 is 2.67 bits per heavy atom. The van der Waals surface area contributed by atoms with Gasteiger partial charge >= 0.3 is 6.03 Å². The van der Waals surface area contributed by atoms with E-state index in [2.05, 4.69) is 20.2 Å². The summed E-state index contributed by atoms with van der Waals surface area (Å²) in [6.07, 6.45) is 4.05. The van der Waals surface area contributed by atoms with E-state index in [0.717, 1.165) is 35.9 Å². The summed E-state index contributed by atoms with van der Waals surface area (Å²) < 4.78 is 7.95. The minimum absolute atomic E-state index is 0.141. The van der Waals surface area contributed by atoms with Crippen LogP contribution in [0.1, 0.15) is 40.5 Å². The Balaban J connectivity index is 1.75. The minimum atomic E-state index is -0.493. The highest BCUT2D eigenvalue weighted by Gasteiger charge is 2.25. The van der Waals surface area contributed by atoms with Gasteiger partial charge in [-0.2, -0.15) is 0 Å². The molecule has 0 radical (unpaired) electrons. The topological polar surface area (TPSA) is 85.2 Å². The first-order valence-electron chi connectivity index (χ1n) is 10.2. The molecule has 1 saturated heterocycles. The van der Waals surface area contributed by atoms with E-state index in [9.17, 15) is 9.59 Å². The Morgan fingerprint density at radius 1 is 1.30 bits per heavy atom. The fourth-order valence-electron chi connectivity index (χ4n) is 3.26. The predicted octanol–water partition coefficient (Wildman–Crippen LogP) is 3.83. The normalized spacial score (nSPS) is 17.5. The van der Waals surface area contributed by atoms with Crippen molar-refractivity contribution < 1.29 is 14.3 Å². The molecule has 1 aromatic carbocycles. The summed E-state index contributed by atoms with van der Waals surface area (Å²) >= 11 is 1.34. The fourth-order valence-corrected chi connectivity index (χ4v) is 4.15. The molecule has 0 bridgehead atoms. The fraction of sp³-hybridized carbons (Fsp3) is 0.500. The number of ether oxygens (including phenoxy) is 1. The molecule has 2 heterocycles. The largest absolute Gasteiger partial charge is 0.376 e. The van der Waals surface area contributed by atoms with Crippen LogP contribution in [-0.2, 0) is 16.1 Å². The van der Waals surface area contributed by atoms with E-state index in [-0.39, 0.29) is 12.0 Å². The second-order valence-corrected chi connectivity index (χ2v) is 9.80. The number of rotatable bonds is 6. The molecule has 1 aliphatic heterocycles. The van der Waals surface area contributed by atoms with Gasteiger partial charge in [0.2, 0.25) is 5.91 Å². The van der Waals surface area contributed by atoms with E-state index in [1.165, 1.54) is 11.8 Å². The highest BCUT2D eigenvalue weighted by molar-refractivity contribution is 8.00. The van der Waals surface area contributed by atoms with E-state index in [1.54, 1.807) is 6.92 Å². The van der Waals surface area contributed by atoms with Gasteiger partial charge in [-0.25, -0.2) is 9.78 Å². The Morgan fingerprint density at radius 2 is 2.03 bits per heavy atom. The summed E-state index contributed by atoms with van der Waals surface area (Å²) in [5, 5.41) is 5.41. The molecule has 1 aromatic heterocycles. The number of imidazole rings is 1. The first-order chi connectivity index (χ1) is 14.2. The Hall–Kier alpha value is -2.32. The van der Waals surface area contributed by atoms with Gasteiger partial charge in [-0.3, -0.25) is 10.1 Å². The summed E-state index contributed by atoms with van der Waals surface area (Å²) in [6, 6.07) is 9.57. The molecule has 2 aromatic rings. The van der Waals surface area contributed by atoms with E-state index >= 15 is 0 Å². The quantitative estimate of drug-likeness (QED) is 0.680. The van der Waals surface area contributed by atoms with Crippen LogP contribution in [0.5, 0.6) is 0 Å². The molecule has 3 amide bonds. The van der Waals surface area contributed by atoms with Crippen LogP contribution in [0.2, 0.25) is 0 Å². The van der Waals surface area contributed by atoms with Gasteiger partial charge in [-0.1, -0.05) is 42.1 Å². The summed E-state index contributed by atoms with van der Waals surface area (Å²) in [5.74, 6) is -0.352. The van der Waals surface area contributed by atoms with Crippen LogP contribution in [0.25, 0.3) is 11.3 Å². The number of aromatic nitrogens is 2. The molecule has 30 heavy (non-hydrogen) atoms. The molecule has 7 nitrogen and oxygen atoms in total. The number of carbonyl (C=O) groups excluding carboxylic acids is 2. The van der Waals surface area contributed by atoms with Crippen molar-refractivity contribution in [1.29, 1.82) is 0 Å². The second kappa shape index (κ2) is 9.66. The average molecular weight is 431 g/mol. The third kappa shape index (κ3) is 6.09. The first-order valence-corrected chi connectivity index (χ1v) is 11.1. The highest BCUT2D eigenvalue weighted by Crippen LogP contribution is 2.30. The number of amides is 3. The van der Waals surface area contributed by atoms with Gasteiger partial charge in [0.05, 0.1) is 29.8 Å². The molecule has 0 aliphatic carbocycles. The van der Waals surface area contributed by atoms with Gasteiger partial charge in [0, 0.05) is 12.1 Å². The van der Waals surface area contributed by atoms with Crippen molar-refractivity contribution in [3.63, 3.8) is 0 Å². The van der Waals surface area contributed by atoms with Gasteiger partial charge in [0.1, 0.15) is 0 Å². The molecular weight excluding hydrogens is 400 g/mol. The van der Waals surface area contributed by atoms with E-state index in [4.69, 9.17) is 4.74 Å². The Labute approximate surface area is 182 Å². The van der Waals surface area contributed by atoms with E-state index in [1.807, 2.05) is 57.3 Å². The highest BCUT2D eigenvalue weighted by atomic mass is 32.2. The lowest BCUT2D eigenvalue weighted by Crippen LogP contribution is -2.49. The zero-order valence-corrected chi connectivity index (χ0v) is 18.8. The van der Waals surface area contributed by atoms with Crippen molar-refractivity contribution in [1.82, 2.24) is 20.2 Å². The number of nitrogens with one attached hydrogen (secondary N) is 2. The molecule has 2 unspecified atom stereocenters. The maximum absolute atomic E-state index is 12.5. The van der Waals surface area contributed by atoms with Crippen molar-refractivity contribution in [2.45, 2.75) is 69.1 Å². The van der Waals surface area contributed by atoms with E-state index in [0.29, 0.717) is 6.54 Å². The van der Waals surface area contributed by atoms with Gasteiger partial charge in [0.25, 0.3) is 0 Å². The molecule has 0 saturated carbocycles. The summed E-state index contributed by atoms with van der Waals surface area (Å²) in [5.41, 5.74) is 1.64. The number of nitrogens with zero attached hydrogens (tertiary/aromatic N) is 2. The zero-order chi connectivity index (χ0) is 21.7. The number of urea groups is 1. The lowest BCUT2D eigenvalue weighted by atomic mass is 10.1. The number of thioether (sulfide) groups is 1. The predicted molar refractivity (Wildman–Crippen MR) is 118 cm³/mol. The summed E-state index contributed by atoms with van der Waals surface area (Å²) in [6.45, 7) is 8.83. The molecule has 3 rings (SSSR count). The molecule has 1 fully saturated rings. The van der Waals surface area contributed by atoms with Gasteiger partial charge in [0.15, 0.2) is 5.16 Å². The lowest BCUT2D eigenvalue weighted by molar-refractivity contribution is -0.119. The van der Waals surface area contributed by atoms with Crippen LogP contribution in [0.3, 0.4) is 0 Å². The smallest absolute Gasteiger partial charge is 0.321 e. The zero-order valence-electron chi connectivity index (χ0n) is 18.0. The second-order valence-electron chi connectivity index (χ2n) is 8.49. The van der Waals surface area contributed by atoms with Crippen LogP contribution in [0, 0.1) is 0 Å². The molecule has 162 valence electrons. The van der Waals surface area contributed by atoms with Crippen LogP contribution < -0.4 is 10.6 Å². The Kier molecular flexibility index (Phi) is 7.20. The standard InChI is InChI=1S/C22H30N4O3S/c1-15(19(27)24-20(28)25-22(2,3)4)30-21-23-13-18(16-9-6-5-7-10-16)26(21)14-17-11-8-12-29-17/h5-7,9-10,13,15,17H,8,11-12,14H2,1-4H3,(H2,24,25,27,28). The molecule has 2 atom stereocenters. The summed E-state index contributed by atoms with van der Waals surface area (Å²) in [4.78, 5) is 29.1.